The summed E-state index contributed by atoms with van der Waals surface area (Å²) in [4.78, 5) is 10.6. The monoisotopic (exact) mass is 435 g/mol. The van der Waals surface area contributed by atoms with Gasteiger partial charge in [-0.15, -0.1) is 0 Å². The van der Waals surface area contributed by atoms with Gasteiger partial charge >= 0.3 is 5.97 Å². The highest BCUT2D eigenvalue weighted by Crippen LogP contribution is 2.41. The van der Waals surface area contributed by atoms with E-state index < -0.39 is 16.0 Å². The third kappa shape index (κ3) is 6.17. The lowest BCUT2D eigenvalue weighted by molar-refractivity contribution is -0.137. The number of methoxy groups -OCH3 is 1. The molecule has 2 fully saturated rings. The molecular weight excluding hydrogens is 406 g/mol. The Balaban J connectivity index is 1.57. The quantitative estimate of drug-likeness (QED) is 0.408. The molecule has 2 aliphatic heterocycles. The number of carbonyl (C=O) groups is 1. The van der Waals surface area contributed by atoms with E-state index >= 15 is 0 Å². The van der Waals surface area contributed by atoms with E-state index in [1.54, 1.807) is 37.5 Å². The number of rotatable bonds is 11. The molecule has 0 saturated carbocycles. The molecule has 4 atom stereocenters. The SMILES string of the molecule is COc1ccc(C=CS(=O)(=O)NC2C3CCC(O3)C2CC=CCCCC(=O)O)cc1. The second kappa shape index (κ2) is 10.2. The smallest absolute Gasteiger partial charge is 0.303 e. The van der Waals surface area contributed by atoms with Crippen LogP contribution in [0.4, 0.5) is 0 Å². The molecule has 8 heteroatoms. The summed E-state index contributed by atoms with van der Waals surface area (Å²) in [6.45, 7) is 0. The summed E-state index contributed by atoms with van der Waals surface area (Å²) < 4.78 is 39.2. The van der Waals surface area contributed by atoms with E-state index in [2.05, 4.69) is 4.72 Å². The maximum absolute atomic E-state index is 12.6. The number of fused-ring (bicyclic) bond motifs is 2. The molecule has 2 bridgehead atoms. The lowest BCUT2D eigenvalue weighted by atomic mass is 9.83. The number of sulfonamides is 1. The molecule has 30 heavy (non-hydrogen) atoms. The zero-order valence-electron chi connectivity index (χ0n) is 17.1. The van der Waals surface area contributed by atoms with Crippen molar-refractivity contribution in [1.82, 2.24) is 4.72 Å². The predicted octanol–water partition coefficient (Wildman–Crippen LogP) is 3.33. The molecule has 164 valence electrons. The Morgan fingerprint density at radius 1 is 1.23 bits per heavy atom. The van der Waals surface area contributed by atoms with Crippen molar-refractivity contribution < 1.29 is 27.8 Å². The Labute approximate surface area is 177 Å². The van der Waals surface area contributed by atoms with Crippen LogP contribution < -0.4 is 9.46 Å². The zero-order valence-corrected chi connectivity index (χ0v) is 17.9. The second-order valence-corrected chi connectivity index (χ2v) is 9.31. The molecule has 0 spiro atoms. The van der Waals surface area contributed by atoms with Crippen molar-refractivity contribution in [3.8, 4) is 5.75 Å². The number of benzene rings is 1. The summed E-state index contributed by atoms with van der Waals surface area (Å²) in [6, 6.07) is 6.90. The first-order valence-electron chi connectivity index (χ1n) is 10.2. The van der Waals surface area contributed by atoms with Gasteiger partial charge in [0.1, 0.15) is 5.75 Å². The maximum Gasteiger partial charge on any atom is 0.303 e. The first-order chi connectivity index (χ1) is 14.4. The second-order valence-electron chi connectivity index (χ2n) is 7.71. The first-order valence-corrected chi connectivity index (χ1v) is 11.8. The van der Waals surface area contributed by atoms with Crippen LogP contribution in [-0.4, -0.2) is 44.9 Å². The normalized spacial score (nSPS) is 26.0. The standard InChI is InChI=1S/C22H29NO6S/c1-28-17-10-8-16(9-11-17)14-15-30(26,27)23-22-18(19-12-13-20(22)29-19)6-4-2-3-5-7-21(24)25/h2,4,8-11,14-15,18-20,22-23H,3,5-7,12-13H2,1H3,(H,24,25). The maximum atomic E-state index is 12.6. The fraction of sp³-hybridized carbons (Fsp3) is 0.500. The van der Waals surface area contributed by atoms with Gasteiger partial charge in [-0.1, -0.05) is 24.3 Å². The number of carboxylic acids is 1. The molecule has 2 N–H and O–H groups in total. The highest BCUT2D eigenvalue weighted by molar-refractivity contribution is 7.92. The highest BCUT2D eigenvalue weighted by Gasteiger charge is 2.49. The number of aliphatic carboxylic acids is 1. The number of hydrogen-bond donors (Lipinski definition) is 2. The van der Waals surface area contributed by atoms with Crippen molar-refractivity contribution >= 4 is 22.1 Å². The van der Waals surface area contributed by atoms with Crippen LogP contribution in [0.3, 0.4) is 0 Å². The summed E-state index contributed by atoms with van der Waals surface area (Å²) in [7, 11) is -2.03. The van der Waals surface area contributed by atoms with Crippen LogP contribution in [0.5, 0.6) is 5.75 Å². The van der Waals surface area contributed by atoms with E-state index in [1.807, 2.05) is 12.2 Å². The van der Waals surface area contributed by atoms with Crippen LogP contribution in [0.2, 0.25) is 0 Å². The van der Waals surface area contributed by atoms with Gasteiger partial charge in [-0.2, -0.15) is 0 Å². The number of unbranched alkanes of at least 4 members (excludes halogenated alkanes) is 1. The number of carboxylic acid groups (broad SMARTS) is 1. The number of nitrogens with one attached hydrogen (secondary N) is 1. The summed E-state index contributed by atoms with van der Waals surface area (Å²) in [6.07, 6.45) is 9.51. The Morgan fingerprint density at radius 2 is 1.97 bits per heavy atom. The fourth-order valence-corrected chi connectivity index (χ4v) is 5.21. The van der Waals surface area contributed by atoms with Crippen molar-refractivity contribution in [3.63, 3.8) is 0 Å². The van der Waals surface area contributed by atoms with Crippen molar-refractivity contribution in [1.29, 1.82) is 0 Å². The molecule has 2 saturated heterocycles. The van der Waals surface area contributed by atoms with Gasteiger partial charge in [0.25, 0.3) is 0 Å². The van der Waals surface area contributed by atoms with E-state index in [1.165, 1.54) is 5.41 Å². The highest BCUT2D eigenvalue weighted by atomic mass is 32.2. The van der Waals surface area contributed by atoms with Gasteiger partial charge < -0.3 is 14.6 Å². The summed E-state index contributed by atoms with van der Waals surface area (Å²) in [5.41, 5.74) is 0.770. The number of allylic oxidation sites excluding steroid dienone is 2. The summed E-state index contributed by atoms with van der Waals surface area (Å²) in [5, 5.41) is 9.87. The number of ether oxygens (including phenoxy) is 2. The minimum Gasteiger partial charge on any atom is -0.497 e. The number of hydrogen-bond acceptors (Lipinski definition) is 5. The third-order valence-electron chi connectivity index (χ3n) is 5.62. The molecule has 0 aliphatic carbocycles. The molecule has 4 unspecified atom stereocenters. The summed E-state index contributed by atoms with van der Waals surface area (Å²) >= 11 is 0. The van der Waals surface area contributed by atoms with Crippen LogP contribution >= 0.6 is 0 Å². The van der Waals surface area contributed by atoms with Gasteiger partial charge in [0.15, 0.2) is 0 Å². The minimum absolute atomic E-state index is 0.0666. The Hall–Kier alpha value is -2.16. The van der Waals surface area contributed by atoms with E-state index in [0.717, 1.165) is 18.4 Å². The van der Waals surface area contributed by atoms with Gasteiger partial charge in [0.05, 0.1) is 25.4 Å². The topological polar surface area (TPSA) is 102 Å². The lowest BCUT2D eigenvalue weighted by Gasteiger charge is -2.27. The van der Waals surface area contributed by atoms with Crippen LogP contribution in [0.15, 0.2) is 41.8 Å². The Morgan fingerprint density at radius 3 is 2.67 bits per heavy atom. The fourth-order valence-electron chi connectivity index (χ4n) is 4.09. The molecule has 1 aromatic rings. The average molecular weight is 436 g/mol. The van der Waals surface area contributed by atoms with E-state index in [9.17, 15) is 13.2 Å². The van der Waals surface area contributed by atoms with Crippen molar-refractivity contribution in [2.45, 2.75) is 56.8 Å². The van der Waals surface area contributed by atoms with Crippen LogP contribution in [0.1, 0.15) is 44.1 Å². The van der Waals surface area contributed by atoms with Crippen LogP contribution in [0, 0.1) is 5.92 Å². The largest absolute Gasteiger partial charge is 0.497 e. The zero-order chi connectivity index (χ0) is 21.6. The van der Waals surface area contributed by atoms with Gasteiger partial charge in [-0.3, -0.25) is 4.79 Å². The molecule has 3 rings (SSSR count). The van der Waals surface area contributed by atoms with Gasteiger partial charge in [-0.05, 0) is 55.9 Å². The minimum atomic E-state index is -3.61. The van der Waals surface area contributed by atoms with Crippen molar-refractivity contribution in [2.24, 2.45) is 5.92 Å². The predicted molar refractivity (Wildman–Crippen MR) is 115 cm³/mol. The van der Waals surface area contributed by atoms with Crippen LogP contribution in [-0.2, 0) is 19.6 Å². The molecule has 2 heterocycles. The lowest BCUT2D eigenvalue weighted by Crippen LogP contribution is -2.46. The van der Waals surface area contributed by atoms with E-state index in [4.69, 9.17) is 14.6 Å². The van der Waals surface area contributed by atoms with E-state index in [0.29, 0.717) is 25.0 Å². The molecule has 0 amide bonds. The molecule has 0 aromatic heterocycles. The van der Waals surface area contributed by atoms with Gasteiger partial charge in [0, 0.05) is 17.7 Å². The van der Waals surface area contributed by atoms with Crippen molar-refractivity contribution in [2.75, 3.05) is 7.11 Å². The van der Waals surface area contributed by atoms with Crippen LogP contribution in [0.25, 0.3) is 6.08 Å². The first kappa shape index (κ1) is 22.5. The average Bonchev–Trinajstić information content (AvgIpc) is 3.31. The van der Waals surface area contributed by atoms with Gasteiger partial charge in [-0.25, -0.2) is 13.1 Å². The summed E-state index contributed by atoms with van der Waals surface area (Å²) in [5.74, 6) is 0.0109. The van der Waals surface area contributed by atoms with Crippen molar-refractivity contribution in [3.05, 3.63) is 47.4 Å². The van der Waals surface area contributed by atoms with E-state index in [-0.39, 0.29) is 30.6 Å². The molecule has 7 nitrogen and oxygen atoms in total. The van der Waals surface area contributed by atoms with Gasteiger partial charge in [0.2, 0.25) is 10.0 Å². The third-order valence-corrected chi connectivity index (χ3v) is 6.71. The molecule has 0 radical (unpaired) electrons. The molecule has 2 aliphatic rings. The Bertz CT molecular complexity index is 877. The Kier molecular flexibility index (Phi) is 7.69. The molecule has 1 aromatic carbocycles. The molecular formula is C22H29NO6S.